The van der Waals surface area contributed by atoms with Crippen molar-refractivity contribution in [1.82, 2.24) is 0 Å². The van der Waals surface area contributed by atoms with Crippen molar-refractivity contribution in [2.75, 3.05) is 0 Å². The summed E-state index contributed by atoms with van der Waals surface area (Å²) >= 11 is 0. The molecule has 1 rings (SSSR count). The lowest BCUT2D eigenvalue weighted by Gasteiger charge is -1.97. The van der Waals surface area contributed by atoms with E-state index in [0.717, 1.165) is 11.8 Å². The molecule has 1 nitrogen and oxygen atoms in total. The average molecular weight is 99.2 g/mol. The maximum Gasteiger partial charge on any atom is 0.00414 e. The summed E-state index contributed by atoms with van der Waals surface area (Å²) < 4.78 is 0. The maximum absolute atomic E-state index is 5.59. The third kappa shape index (κ3) is 0.942. The van der Waals surface area contributed by atoms with Crippen LogP contribution in [-0.2, 0) is 0 Å². The van der Waals surface area contributed by atoms with Crippen LogP contribution < -0.4 is 5.73 Å². The van der Waals surface area contributed by atoms with Crippen LogP contribution in [0.2, 0.25) is 0 Å². The SMILES string of the molecule is CC1CC1[C@@H](C)N. The Labute approximate surface area is 44.9 Å². The zero-order valence-electron chi connectivity index (χ0n) is 5.02. The molecule has 0 aromatic rings. The standard InChI is InChI=1S/C6H13N/c1-4-3-6(4)5(2)7/h4-6H,3,7H2,1-2H3/t4?,5-,6?/m1/s1. The van der Waals surface area contributed by atoms with Crippen LogP contribution in [0.3, 0.4) is 0 Å². The minimum absolute atomic E-state index is 0.440. The fourth-order valence-corrected chi connectivity index (χ4v) is 1.08. The molecule has 0 bridgehead atoms. The predicted octanol–water partition coefficient (Wildman–Crippen LogP) is 0.990. The van der Waals surface area contributed by atoms with Crippen molar-refractivity contribution in [2.24, 2.45) is 17.6 Å². The molecule has 0 spiro atoms. The molecule has 1 aliphatic rings. The summed E-state index contributed by atoms with van der Waals surface area (Å²) in [5, 5.41) is 0. The van der Waals surface area contributed by atoms with E-state index in [2.05, 4.69) is 13.8 Å². The van der Waals surface area contributed by atoms with Crippen LogP contribution in [0.1, 0.15) is 20.3 Å². The minimum atomic E-state index is 0.440. The van der Waals surface area contributed by atoms with Crippen LogP contribution in [-0.4, -0.2) is 6.04 Å². The van der Waals surface area contributed by atoms with Crippen molar-refractivity contribution >= 4 is 0 Å². The Hall–Kier alpha value is -0.0400. The van der Waals surface area contributed by atoms with Crippen LogP contribution >= 0.6 is 0 Å². The van der Waals surface area contributed by atoms with Gasteiger partial charge in [0.05, 0.1) is 0 Å². The van der Waals surface area contributed by atoms with Crippen molar-refractivity contribution < 1.29 is 0 Å². The van der Waals surface area contributed by atoms with Crippen molar-refractivity contribution in [2.45, 2.75) is 26.3 Å². The normalized spacial score (nSPS) is 43.3. The molecular formula is C6H13N. The van der Waals surface area contributed by atoms with Crippen molar-refractivity contribution in [3.05, 3.63) is 0 Å². The van der Waals surface area contributed by atoms with E-state index in [1.54, 1.807) is 0 Å². The van der Waals surface area contributed by atoms with Gasteiger partial charge >= 0.3 is 0 Å². The molecule has 0 aromatic heterocycles. The highest BCUT2D eigenvalue weighted by Gasteiger charge is 2.34. The number of hydrogen-bond acceptors (Lipinski definition) is 1. The highest BCUT2D eigenvalue weighted by molar-refractivity contribution is 4.87. The molecular weight excluding hydrogens is 86.1 g/mol. The predicted molar refractivity (Wildman–Crippen MR) is 30.9 cm³/mol. The summed E-state index contributed by atoms with van der Waals surface area (Å²) in [6.07, 6.45) is 1.36. The molecule has 1 saturated carbocycles. The lowest BCUT2D eigenvalue weighted by molar-refractivity contribution is 0.608. The van der Waals surface area contributed by atoms with Crippen molar-refractivity contribution in [3.63, 3.8) is 0 Å². The van der Waals surface area contributed by atoms with Gasteiger partial charge in [-0.05, 0) is 25.2 Å². The van der Waals surface area contributed by atoms with Crippen molar-refractivity contribution in [1.29, 1.82) is 0 Å². The van der Waals surface area contributed by atoms with Gasteiger partial charge in [-0.3, -0.25) is 0 Å². The summed E-state index contributed by atoms with van der Waals surface area (Å²) in [6, 6.07) is 0.440. The van der Waals surface area contributed by atoms with Crippen molar-refractivity contribution in [3.8, 4) is 0 Å². The smallest absolute Gasteiger partial charge is 0.00414 e. The maximum atomic E-state index is 5.59. The van der Waals surface area contributed by atoms with Crippen LogP contribution in [0, 0.1) is 11.8 Å². The monoisotopic (exact) mass is 99.1 g/mol. The fraction of sp³-hybridized carbons (Fsp3) is 1.00. The minimum Gasteiger partial charge on any atom is -0.328 e. The van der Waals surface area contributed by atoms with Gasteiger partial charge < -0.3 is 5.73 Å². The summed E-state index contributed by atoms with van der Waals surface area (Å²) in [6.45, 7) is 4.35. The lowest BCUT2D eigenvalue weighted by Crippen LogP contribution is -2.17. The van der Waals surface area contributed by atoms with E-state index < -0.39 is 0 Å². The average Bonchev–Trinajstić information content (AvgIpc) is 2.17. The molecule has 42 valence electrons. The first-order valence-corrected chi connectivity index (χ1v) is 2.97. The van der Waals surface area contributed by atoms with Crippen LogP contribution in [0.15, 0.2) is 0 Å². The quantitative estimate of drug-likeness (QED) is 0.521. The molecule has 0 heterocycles. The third-order valence-electron chi connectivity index (χ3n) is 1.85. The summed E-state index contributed by atoms with van der Waals surface area (Å²) in [7, 11) is 0. The Bertz CT molecular complexity index is 68.6. The molecule has 0 aromatic carbocycles. The van der Waals surface area contributed by atoms with E-state index in [9.17, 15) is 0 Å². The molecule has 7 heavy (non-hydrogen) atoms. The summed E-state index contributed by atoms with van der Waals surface area (Å²) in [5.41, 5.74) is 5.59. The van der Waals surface area contributed by atoms with Crippen LogP contribution in [0.25, 0.3) is 0 Å². The Kier molecular flexibility index (Phi) is 1.08. The largest absolute Gasteiger partial charge is 0.328 e. The Morgan fingerprint density at radius 1 is 1.71 bits per heavy atom. The second kappa shape index (κ2) is 1.48. The van der Waals surface area contributed by atoms with E-state index in [0.29, 0.717) is 6.04 Å². The van der Waals surface area contributed by atoms with Gasteiger partial charge in [0.15, 0.2) is 0 Å². The molecule has 0 saturated heterocycles. The van der Waals surface area contributed by atoms with E-state index in [4.69, 9.17) is 5.73 Å². The lowest BCUT2D eigenvalue weighted by atomic mass is 10.2. The third-order valence-corrected chi connectivity index (χ3v) is 1.85. The zero-order valence-corrected chi connectivity index (χ0v) is 5.02. The topological polar surface area (TPSA) is 26.0 Å². The zero-order chi connectivity index (χ0) is 5.44. The fourth-order valence-electron chi connectivity index (χ4n) is 1.08. The molecule has 1 aliphatic carbocycles. The Balaban J connectivity index is 2.20. The summed E-state index contributed by atoms with van der Waals surface area (Å²) in [4.78, 5) is 0. The van der Waals surface area contributed by atoms with Gasteiger partial charge in [-0.15, -0.1) is 0 Å². The van der Waals surface area contributed by atoms with E-state index >= 15 is 0 Å². The number of nitrogens with two attached hydrogens (primary N) is 1. The van der Waals surface area contributed by atoms with Gasteiger partial charge in [0.1, 0.15) is 0 Å². The van der Waals surface area contributed by atoms with Crippen LogP contribution in [0.5, 0.6) is 0 Å². The Morgan fingerprint density at radius 2 is 2.14 bits per heavy atom. The van der Waals surface area contributed by atoms with Crippen LogP contribution in [0.4, 0.5) is 0 Å². The second-order valence-corrected chi connectivity index (χ2v) is 2.74. The summed E-state index contributed by atoms with van der Waals surface area (Å²) in [5.74, 6) is 1.76. The highest BCUT2D eigenvalue weighted by atomic mass is 14.7. The van der Waals surface area contributed by atoms with E-state index in [1.807, 2.05) is 0 Å². The molecule has 1 heteroatoms. The molecule has 1 fully saturated rings. The first-order valence-electron chi connectivity index (χ1n) is 2.97. The van der Waals surface area contributed by atoms with E-state index in [1.165, 1.54) is 6.42 Å². The van der Waals surface area contributed by atoms with Gasteiger partial charge in [-0.2, -0.15) is 0 Å². The molecule has 0 amide bonds. The first-order chi connectivity index (χ1) is 3.22. The number of rotatable bonds is 1. The first kappa shape index (κ1) is 5.10. The van der Waals surface area contributed by atoms with Gasteiger partial charge in [-0.25, -0.2) is 0 Å². The molecule has 2 N–H and O–H groups in total. The van der Waals surface area contributed by atoms with Gasteiger partial charge in [-0.1, -0.05) is 6.92 Å². The molecule has 0 aliphatic heterocycles. The molecule has 3 atom stereocenters. The molecule has 0 radical (unpaired) electrons. The van der Waals surface area contributed by atoms with Gasteiger partial charge in [0, 0.05) is 6.04 Å². The van der Waals surface area contributed by atoms with E-state index in [-0.39, 0.29) is 0 Å². The highest BCUT2D eigenvalue weighted by Crippen LogP contribution is 2.39. The van der Waals surface area contributed by atoms with Gasteiger partial charge in [0.25, 0.3) is 0 Å². The molecule has 2 unspecified atom stereocenters. The van der Waals surface area contributed by atoms with Gasteiger partial charge in [0.2, 0.25) is 0 Å². The number of hydrogen-bond donors (Lipinski definition) is 1. The Morgan fingerprint density at radius 3 is 2.14 bits per heavy atom. The second-order valence-electron chi connectivity index (χ2n) is 2.74.